The van der Waals surface area contributed by atoms with Gasteiger partial charge in [-0.15, -0.1) is 11.3 Å². The first-order valence-electron chi connectivity index (χ1n) is 8.40. The van der Waals surface area contributed by atoms with Gasteiger partial charge < -0.3 is 16.0 Å². The summed E-state index contributed by atoms with van der Waals surface area (Å²) in [7, 11) is 0. The van der Waals surface area contributed by atoms with Crippen LogP contribution in [0.1, 0.15) is 45.2 Å². The van der Waals surface area contributed by atoms with Crippen LogP contribution in [0, 0.1) is 13.8 Å². The van der Waals surface area contributed by atoms with E-state index < -0.39 is 0 Å². The highest BCUT2D eigenvalue weighted by Crippen LogP contribution is 2.28. The Kier molecular flexibility index (Phi) is 5.04. The maximum atomic E-state index is 11.8. The molecule has 1 fully saturated rings. The summed E-state index contributed by atoms with van der Waals surface area (Å²) in [6.45, 7) is 6.77. The first-order chi connectivity index (χ1) is 11.5. The van der Waals surface area contributed by atoms with Gasteiger partial charge in [0, 0.05) is 23.7 Å². The van der Waals surface area contributed by atoms with Crippen LogP contribution in [0.15, 0.2) is 18.2 Å². The molecule has 0 spiro atoms. The summed E-state index contributed by atoms with van der Waals surface area (Å²) >= 11 is 1.72. The molecule has 0 aliphatic carbocycles. The molecule has 6 heteroatoms. The summed E-state index contributed by atoms with van der Waals surface area (Å²) in [5.41, 5.74) is 9.20. The van der Waals surface area contributed by atoms with E-state index in [0.29, 0.717) is 5.56 Å². The summed E-state index contributed by atoms with van der Waals surface area (Å²) in [5, 5.41) is 4.54. The Labute approximate surface area is 146 Å². The van der Waals surface area contributed by atoms with Gasteiger partial charge in [-0.1, -0.05) is 0 Å². The molecule has 0 saturated carbocycles. The van der Waals surface area contributed by atoms with Crippen LogP contribution in [0.2, 0.25) is 0 Å². The molecular weight excluding hydrogens is 320 g/mol. The van der Waals surface area contributed by atoms with E-state index in [1.54, 1.807) is 11.3 Å². The van der Waals surface area contributed by atoms with Gasteiger partial charge in [0.15, 0.2) is 0 Å². The number of hydrogen-bond acceptors (Lipinski definition) is 5. The quantitative estimate of drug-likeness (QED) is 0.871. The maximum absolute atomic E-state index is 11.8. The molecule has 3 rings (SSSR count). The molecule has 24 heavy (non-hydrogen) atoms. The van der Waals surface area contributed by atoms with Gasteiger partial charge >= 0.3 is 0 Å². The minimum absolute atomic E-state index is 0.365. The van der Waals surface area contributed by atoms with E-state index in [1.165, 1.54) is 11.3 Å². The number of primary amides is 1. The molecule has 1 amide bonds. The zero-order valence-electron chi connectivity index (χ0n) is 14.3. The highest BCUT2D eigenvalue weighted by Gasteiger charge is 2.18. The number of carbonyl (C=O) groups excluding carboxylic acids is 1. The Morgan fingerprint density at radius 1 is 1.29 bits per heavy atom. The van der Waals surface area contributed by atoms with Crippen LogP contribution in [0.4, 0.5) is 11.4 Å². The second kappa shape index (κ2) is 7.21. The van der Waals surface area contributed by atoms with Crippen LogP contribution in [0.5, 0.6) is 0 Å². The number of carbonyl (C=O) groups is 1. The number of piperidine rings is 1. The Bertz CT molecular complexity index is 735. The largest absolute Gasteiger partial charge is 0.380 e. The van der Waals surface area contributed by atoms with Gasteiger partial charge in [-0.05, 0) is 51.3 Å². The zero-order valence-corrected chi connectivity index (χ0v) is 15.1. The molecule has 5 nitrogen and oxygen atoms in total. The monoisotopic (exact) mass is 344 g/mol. The van der Waals surface area contributed by atoms with Crippen molar-refractivity contribution in [3.63, 3.8) is 0 Å². The first-order valence-corrected chi connectivity index (χ1v) is 9.22. The number of aryl methyl sites for hydroxylation is 2. The second-order valence-electron chi connectivity index (χ2n) is 6.24. The Balaban J connectivity index is 1.81. The van der Waals surface area contributed by atoms with Gasteiger partial charge in [0.05, 0.1) is 28.5 Å². The van der Waals surface area contributed by atoms with E-state index in [1.807, 2.05) is 26.0 Å². The molecule has 0 atom stereocenters. The van der Waals surface area contributed by atoms with Crippen LogP contribution in [0.25, 0.3) is 0 Å². The van der Waals surface area contributed by atoms with E-state index in [4.69, 9.17) is 5.73 Å². The number of thiazole rings is 1. The SMILES string of the molecule is Cc1nc(C)c(CNc2ccc(C(N)=O)c(N3CCCCC3)c2)s1. The predicted molar refractivity (Wildman–Crippen MR) is 99.9 cm³/mol. The first kappa shape index (κ1) is 16.8. The number of hydrogen-bond donors (Lipinski definition) is 2. The summed E-state index contributed by atoms with van der Waals surface area (Å²) in [6.07, 6.45) is 3.58. The average molecular weight is 344 g/mol. The Morgan fingerprint density at radius 3 is 2.67 bits per heavy atom. The average Bonchev–Trinajstić information content (AvgIpc) is 2.91. The summed E-state index contributed by atoms with van der Waals surface area (Å²) in [6, 6.07) is 5.81. The minimum Gasteiger partial charge on any atom is -0.380 e. The molecule has 0 unspecified atom stereocenters. The van der Waals surface area contributed by atoms with Crippen molar-refractivity contribution < 1.29 is 4.79 Å². The summed E-state index contributed by atoms with van der Waals surface area (Å²) in [4.78, 5) is 19.7. The van der Waals surface area contributed by atoms with E-state index in [-0.39, 0.29) is 5.91 Å². The lowest BCUT2D eigenvalue weighted by atomic mass is 10.1. The van der Waals surface area contributed by atoms with Crippen LogP contribution in [-0.4, -0.2) is 24.0 Å². The molecule has 0 bridgehead atoms. The molecular formula is C18H24N4OS. The minimum atomic E-state index is -0.365. The number of benzene rings is 1. The number of nitrogens with zero attached hydrogens (tertiary/aromatic N) is 2. The van der Waals surface area contributed by atoms with Crippen LogP contribution in [-0.2, 0) is 6.54 Å². The number of anilines is 2. The summed E-state index contributed by atoms with van der Waals surface area (Å²) in [5.74, 6) is -0.365. The van der Waals surface area contributed by atoms with Crippen molar-refractivity contribution in [2.45, 2.75) is 39.7 Å². The topological polar surface area (TPSA) is 71.2 Å². The van der Waals surface area contributed by atoms with Crippen molar-refractivity contribution in [3.05, 3.63) is 39.3 Å². The Hall–Kier alpha value is -2.08. The number of amides is 1. The Morgan fingerprint density at radius 2 is 2.04 bits per heavy atom. The maximum Gasteiger partial charge on any atom is 0.250 e. The smallest absolute Gasteiger partial charge is 0.250 e. The highest BCUT2D eigenvalue weighted by molar-refractivity contribution is 7.11. The van der Waals surface area contributed by atoms with Crippen molar-refractivity contribution in [2.75, 3.05) is 23.3 Å². The van der Waals surface area contributed by atoms with Crippen LogP contribution >= 0.6 is 11.3 Å². The molecule has 1 aromatic carbocycles. The lowest BCUT2D eigenvalue weighted by Crippen LogP contribution is -2.31. The predicted octanol–water partition coefficient (Wildman–Crippen LogP) is 3.46. The number of aromatic nitrogens is 1. The van der Waals surface area contributed by atoms with Crippen LogP contribution < -0.4 is 16.0 Å². The van der Waals surface area contributed by atoms with Gasteiger partial charge in [-0.2, -0.15) is 0 Å². The molecule has 1 aliphatic heterocycles. The van der Waals surface area contributed by atoms with Gasteiger partial charge in [-0.25, -0.2) is 4.98 Å². The van der Waals surface area contributed by atoms with Crippen molar-refractivity contribution in [1.29, 1.82) is 0 Å². The van der Waals surface area contributed by atoms with Crippen LogP contribution in [0.3, 0.4) is 0 Å². The highest BCUT2D eigenvalue weighted by atomic mass is 32.1. The van der Waals surface area contributed by atoms with Gasteiger partial charge in [-0.3, -0.25) is 4.79 Å². The van der Waals surface area contributed by atoms with E-state index in [0.717, 1.165) is 54.6 Å². The molecule has 1 aliphatic rings. The van der Waals surface area contributed by atoms with Gasteiger partial charge in [0.25, 0.3) is 5.91 Å². The van der Waals surface area contributed by atoms with Crippen molar-refractivity contribution in [2.24, 2.45) is 5.73 Å². The third-order valence-corrected chi connectivity index (χ3v) is 5.49. The second-order valence-corrected chi connectivity index (χ2v) is 7.53. The number of rotatable bonds is 5. The fraction of sp³-hybridized carbons (Fsp3) is 0.444. The normalized spacial score (nSPS) is 14.7. The zero-order chi connectivity index (χ0) is 17.1. The lowest BCUT2D eigenvalue weighted by Gasteiger charge is -2.30. The third kappa shape index (κ3) is 3.70. The van der Waals surface area contributed by atoms with E-state index >= 15 is 0 Å². The molecule has 2 heterocycles. The standard InChI is InChI=1S/C18H24N4OS/c1-12-17(24-13(2)21-12)11-20-14-6-7-15(18(19)23)16(10-14)22-8-4-3-5-9-22/h6-7,10,20H,3-5,8-9,11H2,1-2H3,(H2,19,23). The van der Waals surface area contributed by atoms with Crippen molar-refractivity contribution >= 4 is 28.6 Å². The molecule has 1 aromatic heterocycles. The van der Waals surface area contributed by atoms with Gasteiger partial charge in [0.2, 0.25) is 0 Å². The molecule has 1 saturated heterocycles. The van der Waals surface area contributed by atoms with Crippen molar-refractivity contribution in [3.8, 4) is 0 Å². The lowest BCUT2D eigenvalue weighted by molar-refractivity contribution is 0.100. The molecule has 2 aromatic rings. The summed E-state index contributed by atoms with van der Waals surface area (Å²) < 4.78 is 0. The fourth-order valence-electron chi connectivity index (χ4n) is 3.17. The van der Waals surface area contributed by atoms with E-state index in [9.17, 15) is 4.79 Å². The molecule has 3 N–H and O–H groups in total. The third-order valence-electron chi connectivity index (χ3n) is 4.41. The number of nitrogens with two attached hydrogens (primary N) is 1. The molecule has 128 valence electrons. The van der Waals surface area contributed by atoms with Gasteiger partial charge in [0.1, 0.15) is 0 Å². The molecule has 0 radical (unpaired) electrons. The van der Waals surface area contributed by atoms with Crippen molar-refractivity contribution in [1.82, 2.24) is 4.98 Å². The fourth-order valence-corrected chi connectivity index (χ4v) is 4.04. The van der Waals surface area contributed by atoms with E-state index in [2.05, 4.69) is 21.3 Å². The number of nitrogens with one attached hydrogen (secondary N) is 1.